The lowest BCUT2D eigenvalue weighted by molar-refractivity contribution is 0.838. The SMILES string of the molecule is C1=c2c(-c3ccc4ccccc4c3)c3ccc(N(c4ccccc4)c4ccccc4)cc3c(-c3ccc4ccccc4c3)c2=CCC1N(c1ccccc1)c1ccccc1. The van der Waals surface area contributed by atoms with Gasteiger partial charge in [-0.05, 0) is 144 Å². The van der Waals surface area contributed by atoms with Crippen LogP contribution in [0.5, 0.6) is 0 Å². The van der Waals surface area contributed by atoms with E-state index < -0.39 is 0 Å². The predicted octanol–water partition coefficient (Wildman–Crippen LogP) is 14.1. The molecule has 1 atom stereocenters. The maximum atomic E-state index is 2.55. The number of nitrogens with zero attached hydrogens (tertiary/aromatic N) is 2. The molecule has 10 aromatic rings. The molecule has 0 fully saturated rings. The molecule has 0 radical (unpaired) electrons. The van der Waals surface area contributed by atoms with Crippen molar-refractivity contribution in [3.8, 4) is 22.3 Å². The first-order valence-electron chi connectivity index (χ1n) is 20.9. The van der Waals surface area contributed by atoms with Crippen LogP contribution in [0.4, 0.5) is 28.4 Å². The second-order valence-corrected chi connectivity index (χ2v) is 15.7. The van der Waals surface area contributed by atoms with Crippen molar-refractivity contribution in [3.05, 3.63) is 235 Å². The first-order chi connectivity index (χ1) is 29.8. The molecular formula is C58H42N2. The highest BCUT2D eigenvalue weighted by Crippen LogP contribution is 2.41. The molecule has 0 spiro atoms. The average Bonchev–Trinajstić information content (AvgIpc) is 3.32. The Labute approximate surface area is 350 Å². The molecular weight excluding hydrogens is 725 g/mol. The number of para-hydroxylation sites is 4. The van der Waals surface area contributed by atoms with Crippen molar-refractivity contribution >= 4 is 72.9 Å². The number of rotatable bonds is 8. The zero-order valence-electron chi connectivity index (χ0n) is 33.2. The maximum Gasteiger partial charge on any atom is 0.0566 e. The summed E-state index contributed by atoms with van der Waals surface area (Å²) in [6, 6.07) is 81.8. The van der Waals surface area contributed by atoms with Gasteiger partial charge in [0.15, 0.2) is 0 Å². The normalized spacial score (nSPS) is 13.4. The lowest BCUT2D eigenvalue weighted by atomic mass is 9.84. The number of benzene rings is 10. The van der Waals surface area contributed by atoms with Gasteiger partial charge in [-0.1, -0.05) is 164 Å². The second-order valence-electron chi connectivity index (χ2n) is 15.7. The number of anilines is 5. The molecule has 11 rings (SSSR count). The van der Waals surface area contributed by atoms with Crippen LogP contribution in [-0.2, 0) is 0 Å². The zero-order chi connectivity index (χ0) is 39.8. The molecule has 0 aliphatic heterocycles. The van der Waals surface area contributed by atoms with Crippen LogP contribution < -0.4 is 20.2 Å². The molecule has 0 amide bonds. The Balaban J connectivity index is 1.25. The Kier molecular flexibility index (Phi) is 9.02. The van der Waals surface area contributed by atoms with Crippen LogP contribution >= 0.6 is 0 Å². The average molecular weight is 767 g/mol. The molecule has 284 valence electrons. The van der Waals surface area contributed by atoms with Gasteiger partial charge < -0.3 is 9.80 Å². The zero-order valence-corrected chi connectivity index (χ0v) is 33.2. The lowest BCUT2D eigenvalue weighted by Crippen LogP contribution is -2.40. The molecule has 0 saturated carbocycles. The summed E-state index contributed by atoms with van der Waals surface area (Å²) < 4.78 is 0. The van der Waals surface area contributed by atoms with E-state index in [9.17, 15) is 0 Å². The molecule has 2 heteroatoms. The van der Waals surface area contributed by atoms with E-state index in [1.165, 1.54) is 76.4 Å². The molecule has 0 aromatic heterocycles. The van der Waals surface area contributed by atoms with Gasteiger partial charge in [-0.25, -0.2) is 0 Å². The van der Waals surface area contributed by atoms with Crippen molar-refractivity contribution in [2.24, 2.45) is 0 Å². The van der Waals surface area contributed by atoms with E-state index in [-0.39, 0.29) is 6.04 Å². The first-order valence-corrected chi connectivity index (χ1v) is 20.9. The van der Waals surface area contributed by atoms with E-state index in [1.807, 2.05) is 0 Å². The lowest BCUT2D eigenvalue weighted by Gasteiger charge is -2.33. The van der Waals surface area contributed by atoms with Crippen molar-refractivity contribution < 1.29 is 0 Å². The smallest absolute Gasteiger partial charge is 0.0566 e. The minimum Gasteiger partial charge on any atom is -0.334 e. The monoisotopic (exact) mass is 766 g/mol. The van der Waals surface area contributed by atoms with Gasteiger partial charge >= 0.3 is 0 Å². The van der Waals surface area contributed by atoms with Crippen LogP contribution in [0.2, 0.25) is 0 Å². The topological polar surface area (TPSA) is 6.48 Å². The third-order valence-electron chi connectivity index (χ3n) is 12.1. The maximum absolute atomic E-state index is 2.55. The predicted molar refractivity (Wildman–Crippen MR) is 256 cm³/mol. The quantitative estimate of drug-likeness (QED) is 0.152. The van der Waals surface area contributed by atoms with E-state index >= 15 is 0 Å². The molecule has 10 aromatic carbocycles. The number of hydrogen-bond acceptors (Lipinski definition) is 2. The van der Waals surface area contributed by atoms with Crippen molar-refractivity contribution in [1.82, 2.24) is 0 Å². The molecule has 0 bridgehead atoms. The van der Waals surface area contributed by atoms with Crippen molar-refractivity contribution in [2.45, 2.75) is 12.5 Å². The van der Waals surface area contributed by atoms with Gasteiger partial charge in [0.05, 0.1) is 6.04 Å². The summed E-state index contributed by atoms with van der Waals surface area (Å²) in [5.74, 6) is 0. The summed E-state index contributed by atoms with van der Waals surface area (Å²) >= 11 is 0. The largest absolute Gasteiger partial charge is 0.334 e. The van der Waals surface area contributed by atoms with Crippen molar-refractivity contribution in [3.63, 3.8) is 0 Å². The highest BCUT2D eigenvalue weighted by Gasteiger charge is 2.25. The summed E-state index contributed by atoms with van der Waals surface area (Å²) in [4.78, 5) is 4.88. The summed E-state index contributed by atoms with van der Waals surface area (Å²) in [7, 11) is 0. The van der Waals surface area contributed by atoms with Gasteiger partial charge in [-0.3, -0.25) is 0 Å². The van der Waals surface area contributed by atoms with Crippen LogP contribution in [0.3, 0.4) is 0 Å². The highest BCUT2D eigenvalue weighted by atomic mass is 15.2. The fraction of sp³-hybridized carbons (Fsp3) is 0.0345. The Bertz CT molecular complexity index is 3210. The summed E-state index contributed by atoms with van der Waals surface area (Å²) in [5, 5.41) is 9.96. The van der Waals surface area contributed by atoms with Crippen LogP contribution in [0.25, 0.3) is 66.7 Å². The van der Waals surface area contributed by atoms with E-state index in [2.05, 4.69) is 246 Å². The Hall–Kier alpha value is -7.68. The van der Waals surface area contributed by atoms with Crippen LogP contribution in [0, 0.1) is 0 Å². The molecule has 1 aliphatic rings. The fourth-order valence-electron chi connectivity index (χ4n) is 9.34. The Morgan fingerprint density at radius 3 is 1.30 bits per heavy atom. The van der Waals surface area contributed by atoms with E-state index in [1.54, 1.807) is 0 Å². The molecule has 0 heterocycles. The summed E-state index contributed by atoms with van der Waals surface area (Å²) in [6.45, 7) is 0. The summed E-state index contributed by atoms with van der Waals surface area (Å²) in [5.41, 5.74) is 10.7. The van der Waals surface area contributed by atoms with Crippen molar-refractivity contribution in [1.29, 1.82) is 0 Å². The minimum atomic E-state index is 0.0781. The van der Waals surface area contributed by atoms with Crippen LogP contribution in [-0.4, -0.2) is 6.04 Å². The Morgan fingerprint density at radius 1 is 0.333 bits per heavy atom. The molecule has 2 nitrogen and oxygen atoms in total. The number of hydrogen-bond donors (Lipinski definition) is 0. The molecule has 0 N–H and O–H groups in total. The molecule has 60 heavy (non-hydrogen) atoms. The van der Waals surface area contributed by atoms with Gasteiger partial charge in [-0.15, -0.1) is 0 Å². The third-order valence-corrected chi connectivity index (χ3v) is 12.1. The van der Waals surface area contributed by atoms with Crippen LogP contribution in [0.15, 0.2) is 224 Å². The van der Waals surface area contributed by atoms with E-state index in [0.717, 1.165) is 23.5 Å². The first kappa shape index (κ1) is 35.5. The van der Waals surface area contributed by atoms with Gasteiger partial charge in [0.1, 0.15) is 0 Å². The molecule has 1 unspecified atom stereocenters. The standard InChI is InChI=1S/C58H42N2/c1-5-21-47(22-6-1)59(48-23-7-2-8-24-48)51-33-35-53-55(39-51)57(45-31-29-41-17-13-15-19-43(41)37-45)54-36-34-52(60(49-25-9-3-10-26-49)50-27-11-4-12-28-50)40-56(54)58(53)46-32-30-42-18-14-16-20-44(42)38-46/h1-33,35-40,52H,34H2. The third kappa shape index (κ3) is 6.40. The van der Waals surface area contributed by atoms with Gasteiger partial charge in [0.25, 0.3) is 0 Å². The van der Waals surface area contributed by atoms with Gasteiger partial charge in [0.2, 0.25) is 0 Å². The molecule has 0 saturated heterocycles. The van der Waals surface area contributed by atoms with Crippen molar-refractivity contribution in [2.75, 3.05) is 9.80 Å². The minimum absolute atomic E-state index is 0.0781. The van der Waals surface area contributed by atoms with Gasteiger partial charge in [-0.2, -0.15) is 0 Å². The van der Waals surface area contributed by atoms with E-state index in [4.69, 9.17) is 0 Å². The molecule has 1 aliphatic carbocycles. The number of fused-ring (bicyclic) bond motifs is 4. The summed E-state index contributed by atoms with van der Waals surface area (Å²) in [6.07, 6.45) is 5.92. The van der Waals surface area contributed by atoms with Gasteiger partial charge in [0, 0.05) is 28.4 Å². The van der Waals surface area contributed by atoms with E-state index in [0.29, 0.717) is 0 Å². The second kappa shape index (κ2) is 15.2. The fourth-order valence-corrected chi connectivity index (χ4v) is 9.34. The highest BCUT2D eigenvalue weighted by molar-refractivity contribution is 6.09. The Morgan fingerprint density at radius 2 is 0.783 bits per heavy atom. The van der Waals surface area contributed by atoms with Crippen LogP contribution in [0.1, 0.15) is 6.42 Å².